The van der Waals surface area contributed by atoms with Gasteiger partial charge in [-0.15, -0.1) is 0 Å². The summed E-state index contributed by atoms with van der Waals surface area (Å²) in [5, 5.41) is 9.13. The van der Waals surface area contributed by atoms with E-state index in [9.17, 15) is 13.2 Å². The molecule has 1 rings (SSSR count). The molecule has 0 bridgehead atoms. The topological polar surface area (TPSA) is 110 Å². The molecule has 0 spiro atoms. The van der Waals surface area contributed by atoms with Gasteiger partial charge < -0.3 is 15.6 Å². The molecule has 1 fully saturated rings. The van der Waals surface area contributed by atoms with Crippen LogP contribution in [0.3, 0.4) is 0 Å². The van der Waals surface area contributed by atoms with Crippen molar-refractivity contribution in [2.24, 2.45) is 5.73 Å². The minimum atomic E-state index is -3.27. The maximum absolute atomic E-state index is 11.6. The van der Waals surface area contributed by atoms with Crippen LogP contribution < -0.4 is 5.73 Å². The average molecular weight is 280 g/mol. The van der Waals surface area contributed by atoms with Crippen LogP contribution in [0, 0.1) is 0 Å². The molecule has 0 aromatic rings. The zero-order chi connectivity index (χ0) is 13.6. The molecule has 7 nitrogen and oxygen atoms in total. The lowest BCUT2D eigenvalue weighted by Crippen LogP contribution is -2.49. The summed E-state index contributed by atoms with van der Waals surface area (Å²) in [6, 6.07) is -0.148. The van der Waals surface area contributed by atoms with Gasteiger partial charge in [-0.1, -0.05) is 0 Å². The molecule has 1 aliphatic rings. The van der Waals surface area contributed by atoms with Gasteiger partial charge in [0, 0.05) is 19.5 Å². The standard InChI is InChI=1S/C10H20N2O5S/c11-10(14)1-5-18(15,16)6-3-12-2-4-17-8-9(12)7-13/h9,13H,1-8H2,(H2,11,14). The van der Waals surface area contributed by atoms with Gasteiger partial charge in [-0.05, 0) is 0 Å². The zero-order valence-electron chi connectivity index (χ0n) is 10.2. The average Bonchev–Trinajstić information content (AvgIpc) is 2.34. The van der Waals surface area contributed by atoms with E-state index in [2.05, 4.69) is 0 Å². The highest BCUT2D eigenvalue weighted by molar-refractivity contribution is 7.91. The van der Waals surface area contributed by atoms with E-state index in [0.29, 0.717) is 26.3 Å². The third-order valence-electron chi connectivity index (χ3n) is 2.91. The largest absolute Gasteiger partial charge is 0.395 e. The molecule has 0 aromatic heterocycles. The summed E-state index contributed by atoms with van der Waals surface area (Å²) in [6.45, 7) is 1.85. The number of carbonyl (C=O) groups excluding carboxylic acids is 1. The van der Waals surface area contributed by atoms with Crippen LogP contribution in [0.1, 0.15) is 6.42 Å². The van der Waals surface area contributed by atoms with E-state index in [-0.39, 0.29) is 30.6 Å². The summed E-state index contributed by atoms with van der Waals surface area (Å²) < 4.78 is 28.5. The SMILES string of the molecule is NC(=O)CCS(=O)(=O)CCN1CCOCC1CO. The number of aliphatic hydroxyl groups is 1. The molecule has 3 N–H and O–H groups in total. The lowest BCUT2D eigenvalue weighted by Gasteiger charge is -2.34. The number of hydrogen-bond acceptors (Lipinski definition) is 6. The Labute approximate surface area is 107 Å². The zero-order valence-corrected chi connectivity index (χ0v) is 11.1. The van der Waals surface area contributed by atoms with E-state index in [1.54, 1.807) is 0 Å². The highest BCUT2D eigenvalue weighted by Crippen LogP contribution is 2.07. The molecule has 1 saturated heterocycles. The molecule has 18 heavy (non-hydrogen) atoms. The van der Waals surface area contributed by atoms with E-state index < -0.39 is 15.7 Å². The number of primary amides is 1. The van der Waals surface area contributed by atoms with Gasteiger partial charge >= 0.3 is 0 Å². The Morgan fingerprint density at radius 1 is 1.44 bits per heavy atom. The molecular formula is C10H20N2O5S. The first-order valence-electron chi connectivity index (χ1n) is 5.86. The maximum atomic E-state index is 11.6. The number of aliphatic hydroxyl groups excluding tert-OH is 1. The first-order valence-corrected chi connectivity index (χ1v) is 7.68. The van der Waals surface area contributed by atoms with Crippen molar-refractivity contribution in [2.75, 3.05) is 44.4 Å². The number of carbonyl (C=O) groups is 1. The van der Waals surface area contributed by atoms with E-state index in [4.69, 9.17) is 15.6 Å². The molecule has 0 aliphatic carbocycles. The Morgan fingerprint density at radius 3 is 2.78 bits per heavy atom. The van der Waals surface area contributed by atoms with Gasteiger partial charge in [-0.25, -0.2) is 8.42 Å². The van der Waals surface area contributed by atoms with Crippen LogP contribution in [-0.2, 0) is 19.4 Å². The molecule has 8 heteroatoms. The first kappa shape index (κ1) is 15.4. The summed E-state index contributed by atoms with van der Waals surface area (Å²) in [4.78, 5) is 12.4. The van der Waals surface area contributed by atoms with Gasteiger partial charge in [0.25, 0.3) is 0 Å². The van der Waals surface area contributed by atoms with Crippen molar-refractivity contribution in [1.82, 2.24) is 4.90 Å². The highest BCUT2D eigenvalue weighted by Gasteiger charge is 2.23. The van der Waals surface area contributed by atoms with Crippen LogP contribution in [0.5, 0.6) is 0 Å². The van der Waals surface area contributed by atoms with Crippen molar-refractivity contribution >= 4 is 15.7 Å². The van der Waals surface area contributed by atoms with Gasteiger partial charge in [0.05, 0.1) is 37.4 Å². The Morgan fingerprint density at radius 2 is 2.17 bits per heavy atom. The number of rotatable bonds is 7. The molecule has 0 saturated carbocycles. The Hall–Kier alpha value is -0.700. The predicted octanol–water partition coefficient (Wildman–Crippen LogP) is -2.03. The van der Waals surface area contributed by atoms with E-state index in [1.807, 2.05) is 4.90 Å². The second-order valence-electron chi connectivity index (χ2n) is 4.32. The molecule has 1 heterocycles. The predicted molar refractivity (Wildman–Crippen MR) is 65.7 cm³/mol. The summed E-state index contributed by atoms with van der Waals surface area (Å²) in [7, 11) is -3.27. The van der Waals surface area contributed by atoms with E-state index >= 15 is 0 Å². The quantitative estimate of drug-likeness (QED) is 0.556. The highest BCUT2D eigenvalue weighted by atomic mass is 32.2. The number of morpholine rings is 1. The summed E-state index contributed by atoms with van der Waals surface area (Å²) in [6.07, 6.45) is -0.144. The molecule has 1 unspecified atom stereocenters. The summed E-state index contributed by atoms with van der Waals surface area (Å²) in [5.74, 6) is -0.856. The number of nitrogens with two attached hydrogens (primary N) is 1. The number of ether oxygens (including phenoxy) is 1. The van der Waals surface area contributed by atoms with E-state index in [0.717, 1.165) is 0 Å². The van der Waals surface area contributed by atoms with Gasteiger partial charge in [0.1, 0.15) is 0 Å². The molecular weight excluding hydrogens is 260 g/mol. The lowest BCUT2D eigenvalue weighted by atomic mass is 10.2. The number of nitrogens with zero attached hydrogens (tertiary/aromatic N) is 1. The van der Waals surface area contributed by atoms with Crippen molar-refractivity contribution in [3.63, 3.8) is 0 Å². The third kappa shape index (κ3) is 5.30. The minimum absolute atomic E-state index is 0.0310. The molecule has 1 aliphatic heterocycles. The van der Waals surface area contributed by atoms with Crippen molar-refractivity contribution in [1.29, 1.82) is 0 Å². The van der Waals surface area contributed by atoms with Crippen LogP contribution in [0.25, 0.3) is 0 Å². The monoisotopic (exact) mass is 280 g/mol. The first-order chi connectivity index (χ1) is 8.44. The van der Waals surface area contributed by atoms with Crippen LogP contribution in [0.2, 0.25) is 0 Å². The minimum Gasteiger partial charge on any atom is -0.395 e. The summed E-state index contributed by atoms with van der Waals surface area (Å²) in [5.41, 5.74) is 4.92. The van der Waals surface area contributed by atoms with Crippen LogP contribution in [0.4, 0.5) is 0 Å². The second kappa shape index (κ2) is 7.03. The van der Waals surface area contributed by atoms with Crippen molar-refractivity contribution in [2.45, 2.75) is 12.5 Å². The van der Waals surface area contributed by atoms with Crippen molar-refractivity contribution < 1.29 is 23.1 Å². The fourth-order valence-corrected chi connectivity index (χ4v) is 3.00. The molecule has 106 valence electrons. The van der Waals surface area contributed by atoms with Gasteiger partial charge in [0.15, 0.2) is 9.84 Å². The molecule has 0 radical (unpaired) electrons. The summed E-state index contributed by atoms with van der Waals surface area (Å²) >= 11 is 0. The number of hydrogen-bond donors (Lipinski definition) is 2. The van der Waals surface area contributed by atoms with Crippen LogP contribution in [-0.4, -0.2) is 74.8 Å². The Kier molecular flexibility index (Phi) is 6.00. The fraction of sp³-hybridized carbons (Fsp3) is 0.900. The van der Waals surface area contributed by atoms with Crippen molar-refractivity contribution in [3.05, 3.63) is 0 Å². The molecule has 1 amide bonds. The van der Waals surface area contributed by atoms with Gasteiger partial charge in [-0.3, -0.25) is 9.69 Å². The smallest absolute Gasteiger partial charge is 0.218 e. The second-order valence-corrected chi connectivity index (χ2v) is 6.62. The van der Waals surface area contributed by atoms with Crippen LogP contribution in [0.15, 0.2) is 0 Å². The van der Waals surface area contributed by atoms with Gasteiger partial charge in [0.2, 0.25) is 5.91 Å². The van der Waals surface area contributed by atoms with Crippen LogP contribution >= 0.6 is 0 Å². The van der Waals surface area contributed by atoms with Gasteiger partial charge in [-0.2, -0.15) is 0 Å². The lowest BCUT2D eigenvalue weighted by molar-refractivity contribution is -0.117. The number of amides is 1. The fourth-order valence-electron chi connectivity index (χ4n) is 1.77. The maximum Gasteiger partial charge on any atom is 0.218 e. The van der Waals surface area contributed by atoms with Crippen molar-refractivity contribution in [3.8, 4) is 0 Å². The normalized spacial score (nSPS) is 21.9. The van der Waals surface area contributed by atoms with E-state index in [1.165, 1.54) is 0 Å². The third-order valence-corrected chi connectivity index (χ3v) is 4.54. The number of sulfone groups is 1. The molecule has 1 atom stereocenters. The Bertz CT molecular complexity index is 370. The molecule has 0 aromatic carbocycles. The Balaban J connectivity index is 2.40.